The summed E-state index contributed by atoms with van der Waals surface area (Å²) in [6.45, 7) is 0. The van der Waals surface area contributed by atoms with Crippen molar-refractivity contribution in [3.63, 3.8) is 0 Å². The van der Waals surface area contributed by atoms with Crippen LogP contribution in [0.1, 0.15) is 0 Å². The summed E-state index contributed by atoms with van der Waals surface area (Å²) in [6.07, 6.45) is 1.54. The molecule has 0 aliphatic rings. The summed E-state index contributed by atoms with van der Waals surface area (Å²) in [5, 5.41) is 12.1. The molecule has 0 fully saturated rings. The Morgan fingerprint density at radius 1 is 0.947 bits per heavy atom. The van der Waals surface area contributed by atoms with Crippen molar-refractivity contribution < 1.29 is 4.52 Å². The Labute approximate surface area is 109 Å². The lowest BCUT2D eigenvalue weighted by Gasteiger charge is -2.03. The number of rotatable bonds is 1. The molecule has 89 valence electrons. The van der Waals surface area contributed by atoms with Crippen LogP contribution in [-0.2, 0) is 0 Å². The minimum absolute atomic E-state index is 0.728. The molecule has 1 heterocycles. The zero-order valence-corrected chi connectivity index (χ0v) is 10.00. The van der Waals surface area contributed by atoms with Gasteiger partial charge >= 0.3 is 0 Å². The topological polar surface area (TPSA) is 38.9 Å². The maximum atomic E-state index is 4.78. The van der Waals surface area contributed by atoms with Crippen molar-refractivity contribution >= 4 is 21.5 Å². The molecule has 1 aromatic heterocycles. The fraction of sp³-hybridized carbons (Fsp3) is 0. The normalized spacial score (nSPS) is 11.2. The van der Waals surface area contributed by atoms with Gasteiger partial charge in [0.15, 0.2) is 6.26 Å². The fourth-order valence-electron chi connectivity index (χ4n) is 2.31. The van der Waals surface area contributed by atoms with Gasteiger partial charge in [-0.15, -0.1) is 5.10 Å². The highest BCUT2D eigenvalue weighted by Gasteiger charge is 2.04. The van der Waals surface area contributed by atoms with E-state index in [-0.39, 0.29) is 0 Å². The van der Waals surface area contributed by atoms with Gasteiger partial charge in [0.1, 0.15) is 5.69 Å². The quantitative estimate of drug-likeness (QED) is 0.478. The monoisotopic (exact) mass is 245 g/mol. The van der Waals surface area contributed by atoms with E-state index in [0.29, 0.717) is 0 Å². The first-order chi connectivity index (χ1) is 9.40. The molecule has 3 aromatic carbocycles. The standard InChI is InChI=1S/C16H9N2O/c1-2-4-12-8-15-9-14(16-10-19-18-17-16)6-5-13(15)7-11(12)3-1/h1-4,6-10H. The Hall–Kier alpha value is -2.68. The lowest BCUT2D eigenvalue weighted by Crippen LogP contribution is -1.81. The number of hydrogen-bond donors (Lipinski definition) is 0. The SMILES string of the molecule is [c]1cc(-c2conn2)cc2cc3ccccc3cc12. The van der Waals surface area contributed by atoms with Crippen molar-refractivity contribution in [1.82, 2.24) is 10.4 Å². The van der Waals surface area contributed by atoms with E-state index in [1.807, 2.05) is 18.2 Å². The molecule has 0 spiro atoms. The number of fused-ring (bicyclic) bond motifs is 2. The number of benzene rings is 3. The summed E-state index contributed by atoms with van der Waals surface area (Å²) in [7, 11) is 0. The van der Waals surface area contributed by atoms with Gasteiger partial charge in [0.25, 0.3) is 0 Å². The number of hydrogen-bond acceptors (Lipinski definition) is 3. The second-order valence-corrected chi connectivity index (χ2v) is 4.47. The lowest BCUT2D eigenvalue weighted by molar-refractivity contribution is 0.393. The summed E-state index contributed by atoms with van der Waals surface area (Å²) in [5.74, 6) is 0. The molecule has 3 heteroatoms. The Bertz CT molecular complexity index is 866. The third-order valence-corrected chi connectivity index (χ3v) is 3.27. The predicted octanol–water partition coefficient (Wildman–Crippen LogP) is 3.84. The fourth-order valence-corrected chi connectivity index (χ4v) is 2.31. The Kier molecular flexibility index (Phi) is 2.12. The van der Waals surface area contributed by atoms with Gasteiger partial charge in [0.2, 0.25) is 0 Å². The van der Waals surface area contributed by atoms with Gasteiger partial charge in [0, 0.05) is 10.8 Å². The highest BCUT2D eigenvalue weighted by Crippen LogP contribution is 2.26. The minimum atomic E-state index is 0.728. The molecule has 0 saturated carbocycles. The van der Waals surface area contributed by atoms with Gasteiger partial charge in [0.05, 0.1) is 0 Å². The van der Waals surface area contributed by atoms with Crippen LogP contribution in [0.5, 0.6) is 0 Å². The van der Waals surface area contributed by atoms with Crippen molar-refractivity contribution in [1.29, 1.82) is 0 Å². The number of aromatic nitrogens is 2. The number of nitrogens with zero attached hydrogens (tertiary/aromatic N) is 2. The second-order valence-electron chi connectivity index (χ2n) is 4.47. The predicted molar refractivity (Wildman–Crippen MR) is 73.6 cm³/mol. The van der Waals surface area contributed by atoms with E-state index >= 15 is 0 Å². The lowest BCUT2D eigenvalue weighted by atomic mass is 10.0. The molecule has 19 heavy (non-hydrogen) atoms. The minimum Gasteiger partial charge on any atom is -0.345 e. The molecular weight excluding hydrogens is 236 g/mol. The van der Waals surface area contributed by atoms with Crippen molar-refractivity contribution in [2.75, 3.05) is 0 Å². The van der Waals surface area contributed by atoms with Gasteiger partial charge in [-0.1, -0.05) is 24.3 Å². The van der Waals surface area contributed by atoms with Crippen LogP contribution in [0.3, 0.4) is 0 Å². The molecular formula is C16H9N2O. The molecule has 0 amide bonds. The van der Waals surface area contributed by atoms with E-state index < -0.39 is 0 Å². The first kappa shape index (κ1) is 10.3. The third-order valence-electron chi connectivity index (χ3n) is 3.27. The molecule has 0 saturated heterocycles. The second kappa shape index (κ2) is 3.92. The maximum absolute atomic E-state index is 4.78. The average molecular weight is 245 g/mol. The van der Waals surface area contributed by atoms with Crippen molar-refractivity contribution in [3.05, 3.63) is 60.9 Å². The first-order valence-corrected chi connectivity index (χ1v) is 6.02. The van der Waals surface area contributed by atoms with Gasteiger partial charge in [-0.2, -0.15) is 0 Å². The summed E-state index contributed by atoms with van der Waals surface area (Å²) >= 11 is 0. The molecule has 0 bridgehead atoms. The van der Waals surface area contributed by atoms with E-state index in [0.717, 1.165) is 22.0 Å². The Balaban J connectivity index is 2.00. The molecule has 0 aliphatic heterocycles. The molecule has 0 unspecified atom stereocenters. The zero-order chi connectivity index (χ0) is 12.7. The van der Waals surface area contributed by atoms with Gasteiger partial charge in [-0.05, 0) is 51.9 Å². The van der Waals surface area contributed by atoms with Crippen molar-refractivity contribution in [2.24, 2.45) is 0 Å². The van der Waals surface area contributed by atoms with E-state index in [1.54, 1.807) is 0 Å². The largest absolute Gasteiger partial charge is 0.345 e. The molecule has 4 rings (SSSR count). The van der Waals surface area contributed by atoms with Crippen LogP contribution < -0.4 is 0 Å². The van der Waals surface area contributed by atoms with E-state index in [2.05, 4.69) is 46.8 Å². The third kappa shape index (κ3) is 1.67. The van der Waals surface area contributed by atoms with E-state index in [1.165, 1.54) is 17.0 Å². The molecule has 0 atom stereocenters. The highest BCUT2D eigenvalue weighted by atomic mass is 16.5. The van der Waals surface area contributed by atoms with Gasteiger partial charge in [-0.3, -0.25) is 0 Å². The average Bonchev–Trinajstić information content (AvgIpc) is 2.98. The first-order valence-electron chi connectivity index (χ1n) is 6.02. The van der Waals surface area contributed by atoms with Crippen LogP contribution in [0.25, 0.3) is 32.8 Å². The summed E-state index contributed by atoms with van der Waals surface area (Å²) in [5.41, 5.74) is 1.69. The Morgan fingerprint density at radius 3 is 2.58 bits per heavy atom. The summed E-state index contributed by atoms with van der Waals surface area (Å²) < 4.78 is 4.78. The van der Waals surface area contributed by atoms with E-state index in [4.69, 9.17) is 4.52 Å². The smallest absolute Gasteiger partial charge is 0.152 e. The van der Waals surface area contributed by atoms with Crippen LogP contribution in [0.15, 0.2) is 59.3 Å². The van der Waals surface area contributed by atoms with Crippen molar-refractivity contribution in [3.8, 4) is 11.3 Å². The zero-order valence-electron chi connectivity index (χ0n) is 10.00. The van der Waals surface area contributed by atoms with Crippen LogP contribution >= 0.6 is 0 Å². The summed E-state index contributed by atoms with van der Waals surface area (Å²) in [6, 6.07) is 19.9. The highest BCUT2D eigenvalue weighted by molar-refractivity contribution is 5.99. The Morgan fingerprint density at radius 2 is 1.79 bits per heavy atom. The van der Waals surface area contributed by atoms with Crippen LogP contribution in [0, 0.1) is 6.07 Å². The molecule has 3 nitrogen and oxygen atoms in total. The molecule has 1 radical (unpaired) electrons. The van der Waals surface area contributed by atoms with Crippen LogP contribution in [-0.4, -0.2) is 10.4 Å². The molecule has 0 aliphatic carbocycles. The van der Waals surface area contributed by atoms with Gasteiger partial charge < -0.3 is 4.52 Å². The van der Waals surface area contributed by atoms with Gasteiger partial charge in [-0.25, -0.2) is 0 Å². The molecule has 4 aromatic rings. The van der Waals surface area contributed by atoms with Crippen molar-refractivity contribution in [2.45, 2.75) is 0 Å². The van der Waals surface area contributed by atoms with Crippen LogP contribution in [0.4, 0.5) is 0 Å². The maximum Gasteiger partial charge on any atom is 0.152 e. The molecule has 0 N–H and O–H groups in total. The van der Waals surface area contributed by atoms with Crippen LogP contribution in [0.2, 0.25) is 0 Å². The van der Waals surface area contributed by atoms with E-state index in [9.17, 15) is 0 Å². The summed E-state index contributed by atoms with van der Waals surface area (Å²) in [4.78, 5) is 0.